The zero-order valence-corrected chi connectivity index (χ0v) is 29.4. The number of hydrogen-bond donors (Lipinski definition) is 0. The van der Waals surface area contributed by atoms with Gasteiger partial charge in [0.2, 0.25) is 0 Å². The Labute approximate surface area is 312 Å². The van der Waals surface area contributed by atoms with Crippen LogP contribution in [-0.2, 0) is 0 Å². The summed E-state index contributed by atoms with van der Waals surface area (Å²) in [5.41, 5.74) is 9.54. The molecule has 0 aliphatic carbocycles. The van der Waals surface area contributed by atoms with Crippen molar-refractivity contribution in [1.29, 1.82) is 0 Å². The summed E-state index contributed by atoms with van der Waals surface area (Å²) >= 11 is 0. The van der Waals surface area contributed by atoms with Crippen LogP contribution in [0.4, 0.5) is 0 Å². The van der Waals surface area contributed by atoms with Gasteiger partial charge in [-0.15, -0.1) is 0 Å². The molecule has 0 aliphatic rings. The fourth-order valence-corrected chi connectivity index (χ4v) is 8.82. The van der Waals surface area contributed by atoms with Gasteiger partial charge in [0.25, 0.3) is 0 Å². The predicted molar refractivity (Wildman–Crippen MR) is 229 cm³/mol. The fourth-order valence-electron chi connectivity index (χ4n) is 8.82. The molecule has 0 radical (unpaired) electrons. The molecule has 0 bridgehead atoms. The van der Waals surface area contributed by atoms with Crippen molar-refractivity contribution >= 4 is 64.6 Å². The van der Waals surface area contributed by atoms with Gasteiger partial charge in [0, 0.05) is 23.5 Å². The number of aromatic nitrogens is 2. The van der Waals surface area contributed by atoms with Crippen molar-refractivity contribution in [3.05, 3.63) is 195 Å². The van der Waals surface area contributed by atoms with Gasteiger partial charge in [0.15, 0.2) is 0 Å². The van der Waals surface area contributed by atoms with E-state index in [1.807, 2.05) is 12.4 Å². The van der Waals surface area contributed by atoms with Crippen LogP contribution in [0.1, 0.15) is 0 Å². The Balaban J connectivity index is 1.28. The van der Waals surface area contributed by atoms with Crippen molar-refractivity contribution in [2.45, 2.75) is 0 Å². The van der Waals surface area contributed by atoms with Crippen molar-refractivity contribution in [3.8, 4) is 44.5 Å². The summed E-state index contributed by atoms with van der Waals surface area (Å²) in [6.07, 6.45) is 5.44. The van der Waals surface area contributed by atoms with Crippen LogP contribution in [-0.4, -0.2) is 9.97 Å². The third-order valence-corrected chi connectivity index (χ3v) is 11.2. The van der Waals surface area contributed by atoms with E-state index in [-0.39, 0.29) is 0 Å². The molecule has 2 nitrogen and oxygen atoms in total. The number of rotatable bonds is 4. The summed E-state index contributed by atoms with van der Waals surface area (Å²) < 4.78 is 0. The zero-order chi connectivity index (χ0) is 35.6. The lowest BCUT2D eigenvalue weighted by molar-refractivity contribution is 1.17. The lowest BCUT2D eigenvalue weighted by Crippen LogP contribution is -1.94. The Morgan fingerprint density at radius 2 is 0.574 bits per heavy atom. The summed E-state index contributed by atoms with van der Waals surface area (Å²) in [5.74, 6) is 0. The standard InChI is InChI=1S/C52H32N2/c1-3-13-35-27-37(23-21-33(35)11-1)49-41-15-5-8-18-44(41)51(38-24-22-34-12-2-4-14-36(34)28-38)48-29-39(25-26-47(48)49)50-42-16-6-9-19-45(42)52(40-30-53-32-54-31-40)46-20-10-7-17-43(46)50/h1-32H. The number of fused-ring (bicyclic) bond motifs is 6. The molecule has 1 heterocycles. The SMILES string of the molecule is c1ccc2cc(-c3c4ccccc4c(-c4ccc5ccccc5c4)c4cc(-c5c6ccccc6c(-c6cncnc6)c6ccccc56)ccc34)ccc2c1. The van der Waals surface area contributed by atoms with E-state index in [0.29, 0.717) is 0 Å². The maximum absolute atomic E-state index is 4.41. The van der Waals surface area contributed by atoms with E-state index in [1.165, 1.54) is 98.0 Å². The third-order valence-electron chi connectivity index (χ3n) is 11.2. The van der Waals surface area contributed by atoms with Gasteiger partial charge in [-0.05, 0) is 116 Å². The summed E-state index contributed by atoms with van der Waals surface area (Å²) in [6, 6.07) is 64.8. The van der Waals surface area contributed by atoms with Crippen LogP contribution < -0.4 is 0 Å². The molecule has 0 spiro atoms. The minimum atomic E-state index is 1.01. The van der Waals surface area contributed by atoms with E-state index in [0.717, 1.165) is 11.1 Å². The molecule has 1 aromatic heterocycles. The molecule has 250 valence electrons. The van der Waals surface area contributed by atoms with Gasteiger partial charge in [-0.1, -0.05) is 158 Å². The summed E-state index contributed by atoms with van der Waals surface area (Å²) in [7, 11) is 0. The first kappa shape index (κ1) is 30.5. The first-order valence-electron chi connectivity index (χ1n) is 18.5. The highest BCUT2D eigenvalue weighted by atomic mass is 14.8. The molecule has 11 rings (SSSR count). The number of nitrogens with zero attached hydrogens (tertiary/aromatic N) is 2. The van der Waals surface area contributed by atoms with E-state index in [2.05, 4.69) is 186 Å². The average Bonchev–Trinajstić information content (AvgIpc) is 3.24. The van der Waals surface area contributed by atoms with Crippen LogP contribution in [0.2, 0.25) is 0 Å². The number of benzene rings is 10. The lowest BCUT2D eigenvalue weighted by Gasteiger charge is -2.21. The first-order chi connectivity index (χ1) is 26.8. The highest BCUT2D eigenvalue weighted by molar-refractivity contribution is 6.25. The van der Waals surface area contributed by atoms with E-state index in [4.69, 9.17) is 0 Å². The van der Waals surface area contributed by atoms with Crippen molar-refractivity contribution < 1.29 is 0 Å². The van der Waals surface area contributed by atoms with E-state index in [9.17, 15) is 0 Å². The fraction of sp³-hybridized carbons (Fsp3) is 0. The molecule has 10 aromatic carbocycles. The molecule has 0 saturated carbocycles. The van der Waals surface area contributed by atoms with Gasteiger partial charge in [-0.25, -0.2) is 9.97 Å². The van der Waals surface area contributed by atoms with Crippen LogP contribution in [0.25, 0.3) is 109 Å². The number of hydrogen-bond acceptors (Lipinski definition) is 2. The van der Waals surface area contributed by atoms with Crippen molar-refractivity contribution in [2.24, 2.45) is 0 Å². The Bertz CT molecular complexity index is 3210. The van der Waals surface area contributed by atoms with Gasteiger partial charge in [0.05, 0.1) is 0 Å². The molecule has 0 saturated heterocycles. The molecule has 11 aromatic rings. The lowest BCUT2D eigenvalue weighted by atomic mass is 9.82. The molecule has 0 fully saturated rings. The highest BCUT2D eigenvalue weighted by Crippen LogP contribution is 2.48. The molecule has 0 unspecified atom stereocenters. The Morgan fingerprint density at radius 1 is 0.241 bits per heavy atom. The van der Waals surface area contributed by atoms with Crippen LogP contribution in [0.5, 0.6) is 0 Å². The Kier molecular flexibility index (Phi) is 6.90. The normalized spacial score (nSPS) is 11.7. The molecule has 0 amide bonds. The Hall–Kier alpha value is -7.16. The monoisotopic (exact) mass is 684 g/mol. The quantitative estimate of drug-likeness (QED) is 0.172. The average molecular weight is 685 g/mol. The summed E-state index contributed by atoms with van der Waals surface area (Å²) in [4.78, 5) is 8.82. The summed E-state index contributed by atoms with van der Waals surface area (Å²) in [6.45, 7) is 0. The van der Waals surface area contributed by atoms with Crippen LogP contribution in [0.3, 0.4) is 0 Å². The second-order valence-electron chi connectivity index (χ2n) is 14.1. The first-order valence-corrected chi connectivity index (χ1v) is 18.5. The smallest absolute Gasteiger partial charge is 0.115 e. The summed E-state index contributed by atoms with van der Waals surface area (Å²) in [5, 5.41) is 14.7. The van der Waals surface area contributed by atoms with Gasteiger partial charge >= 0.3 is 0 Å². The van der Waals surface area contributed by atoms with Crippen LogP contribution in [0.15, 0.2) is 195 Å². The van der Waals surface area contributed by atoms with E-state index < -0.39 is 0 Å². The molecule has 0 atom stereocenters. The van der Waals surface area contributed by atoms with Gasteiger partial charge < -0.3 is 0 Å². The van der Waals surface area contributed by atoms with Crippen molar-refractivity contribution in [1.82, 2.24) is 9.97 Å². The van der Waals surface area contributed by atoms with Crippen LogP contribution >= 0.6 is 0 Å². The maximum Gasteiger partial charge on any atom is 0.115 e. The Morgan fingerprint density at radius 3 is 1.04 bits per heavy atom. The molecule has 0 aliphatic heterocycles. The highest BCUT2D eigenvalue weighted by Gasteiger charge is 2.21. The topological polar surface area (TPSA) is 25.8 Å². The molecule has 54 heavy (non-hydrogen) atoms. The van der Waals surface area contributed by atoms with Crippen molar-refractivity contribution in [2.75, 3.05) is 0 Å². The predicted octanol–water partition coefficient (Wildman–Crippen LogP) is 14.1. The molecular formula is C52H32N2. The zero-order valence-electron chi connectivity index (χ0n) is 29.4. The second-order valence-corrected chi connectivity index (χ2v) is 14.1. The minimum Gasteiger partial charge on any atom is -0.244 e. The van der Waals surface area contributed by atoms with Crippen molar-refractivity contribution in [3.63, 3.8) is 0 Å². The maximum atomic E-state index is 4.41. The van der Waals surface area contributed by atoms with Crippen LogP contribution in [0, 0.1) is 0 Å². The largest absolute Gasteiger partial charge is 0.244 e. The van der Waals surface area contributed by atoms with Gasteiger partial charge in [-0.2, -0.15) is 0 Å². The second kappa shape index (κ2) is 12.2. The molecule has 2 heteroatoms. The molecule has 0 N–H and O–H groups in total. The van der Waals surface area contributed by atoms with E-state index >= 15 is 0 Å². The third kappa shape index (κ3) is 4.74. The van der Waals surface area contributed by atoms with E-state index in [1.54, 1.807) is 6.33 Å². The molecular weight excluding hydrogens is 653 g/mol. The van der Waals surface area contributed by atoms with Gasteiger partial charge in [0.1, 0.15) is 6.33 Å². The minimum absolute atomic E-state index is 1.01. The van der Waals surface area contributed by atoms with Gasteiger partial charge in [-0.3, -0.25) is 0 Å².